The monoisotopic (exact) mass is 265 g/mol. The molecular weight excluding hydrogens is 242 g/mol. The molecule has 0 spiro atoms. The van der Waals surface area contributed by atoms with Crippen LogP contribution in [0, 0.1) is 0 Å². The highest BCUT2D eigenvalue weighted by Gasteiger charge is 2.17. The average Bonchev–Trinajstić information content (AvgIpc) is 2.44. The molecule has 0 radical (unpaired) electrons. The molecular formula is C14H23N3O2. The Kier molecular flexibility index (Phi) is 6.29. The number of aromatic nitrogens is 1. The van der Waals surface area contributed by atoms with Crippen LogP contribution in [-0.4, -0.2) is 49.1 Å². The number of hydrogen-bond donors (Lipinski definition) is 1. The predicted molar refractivity (Wildman–Crippen MR) is 76.4 cm³/mol. The van der Waals surface area contributed by atoms with E-state index in [4.69, 9.17) is 4.74 Å². The lowest BCUT2D eigenvalue weighted by atomic mass is 10.2. The van der Waals surface area contributed by atoms with Gasteiger partial charge in [-0.1, -0.05) is 6.92 Å². The number of pyridine rings is 1. The molecule has 1 aromatic heterocycles. The van der Waals surface area contributed by atoms with Gasteiger partial charge in [-0.3, -0.25) is 4.79 Å². The fourth-order valence-corrected chi connectivity index (χ4v) is 1.63. The molecule has 1 amide bonds. The van der Waals surface area contributed by atoms with Crippen LogP contribution >= 0.6 is 0 Å². The third-order valence-electron chi connectivity index (χ3n) is 2.96. The number of amides is 1. The Morgan fingerprint density at radius 2 is 2.26 bits per heavy atom. The Labute approximate surface area is 115 Å². The van der Waals surface area contributed by atoms with Crippen LogP contribution < -0.4 is 5.32 Å². The largest absolute Gasteiger partial charge is 0.383 e. The van der Waals surface area contributed by atoms with Crippen LogP contribution in [0.25, 0.3) is 0 Å². The molecule has 5 nitrogen and oxygen atoms in total. The highest BCUT2D eigenvalue weighted by molar-refractivity contribution is 5.94. The maximum Gasteiger partial charge on any atom is 0.255 e. The lowest BCUT2D eigenvalue weighted by Crippen LogP contribution is -2.37. The minimum atomic E-state index is -0.0425. The van der Waals surface area contributed by atoms with Crippen molar-refractivity contribution in [1.82, 2.24) is 9.88 Å². The zero-order valence-electron chi connectivity index (χ0n) is 12.1. The van der Waals surface area contributed by atoms with Crippen LogP contribution in [0.1, 0.15) is 30.6 Å². The summed E-state index contributed by atoms with van der Waals surface area (Å²) in [6.45, 7) is 5.44. The highest BCUT2D eigenvalue weighted by atomic mass is 16.5. The summed E-state index contributed by atoms with van der Waals surface area (Å²) in [7, 11) is 3.40. The van der Waals surface area contributed by atoms with E-state index in [9.17, 15) is 4.79 Å². The van der Waals surface area contributed by atoms with Crippen molar-refractivity contribution in [3.05, 3.63) is 23.9 Å². The molecule has 1 heterocycles. The first-order valence-corrected chi connectivity index (χ1v) is 6.56. The van der Waals surface area contributed by atoms with E-state index in [1.165, 1.54) is 0 Å². The minimum Gasteiger partial charge on any atom is -0.383 e. The maximum absolute atomic E-state index is 12.2. The number of methoxy groups -OCH3 is 1. The first-order valence-electron chi connectivity index (χ1n) is 6.56. The molecule has 0 saturated heterocycles. The van der Waals surface area contributed by atoms with Gasteiger partial charge in [0.15, 0.2) is 0 Å². The molecule has 0 fully saturated rings. The molecule has 0 aromatic carbocycles. The average molecular weight is 265 g/mol. The van der Waals surface area contributed by atoms with E-state index >= 15 is 0 Å². The first-order chi connectivity index (χ1) is 9.10. The third kappa shape index (κ3) is 4.52. The van der Waals surface area contributed by atoms with Crippen molar-refractivity contribution in [3.63, 3.8) is 0 Å². The second-order valence-corrected chi connectivity index (χ2v) is 4.58. The fourth-order valence-electron chi connectivity index (χ4n) is 1.63. The molecule has 0 aliphatic heterocycles. The Balaban J connectivity index is 2.66. The molecule has 1 rings (SSSR count). The van der Waals surface area contributed by atoms with Crippen molar-refractivity contribution >= 4 is 11.7 Å². The topological polar surface area (TPSA) is 54.5 Å². The lowest BCUT2D eigenvalue weighted by molar-refractivity contribution is 0.0633. The SMILES string of the molecule is CCCNc1ccc(C(=O)N(C)C(C)COC)cn1. The van der Waals surface area contributed by atoms with Crippen molar-refractivity contribution in [1.29, 1.82) is 0 Å². The van der Waals surface area contributed by atoms with Gasteiger partial charge in [0.05, 0.1) is 18.2 Å². The van der Waals surface area contributed by atoms with Crippen molar-refractivity contribution in [2.45, 2.75) is 26.3 Å². The van der Waals surface area contributed by atoms with E-state index in [0.29, 0.717) is 12.2 Å². The molecule has 1 unspecified atom stereocenters. The van der Waals surface area contributed by atoms with Gasteiger partial charge in [0.25, 0.3) is 5.91 Å². The van der Waals surface area contributed by atoms with Gasteiger partial charge >= 0.3 is 0 Å². The van der Waals surface area contributed by atoms with E-state index in [1.54, 1.807) is 31.3 Å². The maximum atomic E-state index is 12.2. The quantitative estimate of drug-likeness (QED) is 0.819. The van der Waals surface area contributed by atoms with E-state index in [1.807, 2.05) is 13.0 Å². The number of carbonyl (C=O) groups is 1. The molecule has 0 aliphatic carbocycles. The van der Waals surface area contributed by atoms with E-state index in [2.05, 4.69) is 17.2 Å². The number of rotatable bonds is 7. The van der Waals surface area contributed by atoms with Gasteiger partial charge in [0.1, 0.15) is 5.82 Å². The van der Waals surface area contributed by atoms with Crippen molar-refractivity contribution < 1.29 is 9.53 Å². The van der Waals surface area contributed by atoms with Gasteiger partial charge in [-0.25, -0.2) is 4.98 Å². The number of carbonyl (C=O) groups excluding carboxylic acids is 1. The van der Waals surface area contributed by atoms with E-state index < -0.39 is 0 Å². The van der Waals surface area contributed by atoms with Crippen LogP contribution in [0.3, 0.4) is 0 Å². The van der Waals surface area contributed by atoms with E-state index in [0.717, 1.165) is 18.8 Å². The van der Waals surface area contributed by atoms with Gasteiger partial charge in [0, 0.05) is 26.9 Å². The summed E-state index contributed by atoms with van der Waals surface area (Å²) < 4.78 is 5.05. The van der Waals surface area contributed by atoms with Crippen LogP contribution in [-0.2, 0) is 4.74 Å². The molecule has 1 atom stereocenters. The Hall–Kier alpha value is -1.62. The molecule has 106 valence electrons. The normalized spacial score (nSPS) is 12.0. The molecule has 5 heteroatoms. The smallest absolute Gasteiger partial charge is 0.255 e. The van der Waals surface area contributed by atoms with Crippen LogP contribution in [0.4, 0.5) is 5.82 Å². The summed E-state index contributed by atoms with van der Waals surface area (Å²) >= 11 is 0. The summed E-state index contributed by atoms with van der Waals surface area (Å²) in [5, 5.41) is 3.18. The molecule has 0 aliphatic rings. The third-order valence-corrected chi connectivity index (χ3v) is 2.96. The summed E-state index contributed by atoms with van der Waals surface area (Å²) in [5.41, 5.74) is 0.590. The molecule has 1 aromatic rings. The predicted octanol–water partition coefficient (Wildman–Crippen LogP) is 2.01. The van der Waals surface area contributed by atoms with Gasteiger partial charge in [-0.05, 0) is 25.5 Å². The lowest BCUT2D eigenvalue weighted by Gasteiger charge is -2.24. The highest BCUT2D eigenvalue weighted by Crippen LogP contribution is 2.09. The Morgan fingerprint density at radius 1 is 1.53 bits per heavy atom. The Morgan fingerprint density at radius 3 is 2.79 bits per heavy atom. The molecule has 1 N–H and O–H groups in total. The van der Waals surface area contributed by atoms with E-state index in [-0.39, 0.29) is 11.9 Å². The summed E-state index contributed by atoms with van der Waals surface area (Å²) in [5.74, 6) is 0.755. The number of ether oxygens (including phenoxy) is 1. The van der Waals surface area contributed by atoms with Crippen molar-refractivity contribution in [2.24, 2.45) is 0 Å². The molecule has 0 saturated carbocycles. The summed E-state index contributed by atoms with van der Waals surface area (Å²) in [6.07, 6.45) is 2.65. The zero-order valence-corrected chi connectivity index (χ0v) is 12.1. The number of nitrogens with zero attached hydrogens (tertiary/aromatic N) is 2. The minimum absolute atomic E-state index is 0.0374. The standard InChI is InChI=1S/C14H23N3O2/c1-5-8-15-13-7-6-12(9-16-13)14(18)17(3)11(2)10-19-4/h6-7,9,11H,5,8,10H2,1-4H3,(H,15,16). The van der Waals surface area contributed by atoms with Crippen molar-refractivity contribution in [2.75, 3.05) is 32.6 Å². The second kappa shape index (κ2) is 7.74. The van der Waals surface area contributed by atoms with Crippen LogP contribution in [0.15, 0.2) is 18.3 Å². The van der Waals surface area contributed by atoms with Crippen molar-refractivity contribution in [3.8, 4) is 0 Å². The number of hydrogen-bond acceptors (Lipinski definition) is 4. The number of nitrogens with one attached hydrogen (secondary N) is 1. The zero-order chi connectivity index (χ0) is 14.3. The molecule has 0 bridgehead atoms. The fraction of sp³-hybridized carbons (Fsp3) is 0.571. The second-order valence-electron chi connectivity index (χ2n) is 4.58. The number of anilines is 1. The van der Waals surface area contributed by atoms with Gasteiger partial charge < -0.3 is 15.0 Å². The molecule has 19 heavy (non-hydrogen) atoms. The Bertz CT molecular complexity index is 392. The summed E-state index contributed by atoms with van der Waals surface area (Å²) in [4.78, 5) is 18.1. The van der Waals surface area contributed by atoms with Crippen LogP contribution in [0.2, 0.25) is 0 Å². The number of likely N-dealkylation sites (N-methyl/N-ethyl adjacent to an activating group) is 1. The first kappa shape index (κ1) is 15.4. The van der Waals surface area contributed by atoms with Crippen LogP contribution in [0.5, 0.6) is 0 Å². The summed E-state index contributed by atoms with van der Waals surface area (Å²) in [6, 6.07) is 3.66. The van der Waals surface area contributed by atoms with Gasteiger partial charge in [0.2, 0.25) is 0 Å². The van der Waals surface area contributed by atoms with Gasteiger partial charge in [-0.15, -0.1) is 0 Å². The van der Waals surface area contributed by atoms with Gasteiger partial charge in [-0.2, -0.15) is 0 Å².